The molecule has 0 radical (unpaired) electrons. The second-order valence-corrected chi connectivity index (χ2v) is 11.2. The summed E-state index contributed by atoms with van der Waals surface area (Å²) in [6, 6.07) is 1.000. The van der Waals surface area contributed by atoms with Gasteiger partial charge in [0.25, 0.3) is 14.1 Å². The molecule has 3 heteroatoms. The minimum absolute atomic E-state index is 0. The first-order chi connectivity index (χ1) is 9.04. The standard InChI is InChI=1S/C6H14N.3C4H9.Al.Li/c1-5(2)7-6(3)4;3*1-4(2)3;;/h5-6H,1-4H3;3*4H,1H2,2-3H3;;/q-1;;;;;+1. The zero-order valence-electron chi connectivity index (χ0n) is 17.0. The summed E-state index contributed by atoms with van der Waals surface area (Å²) in [6.45, 7) is 22.6. The topological polar surface area (TPSA) is 14.1 Å². The molecule has 0 rings (SSSR count). The van der Waals surface area contributed by atoms with Crippen LogP contribution in [-0.4, -0.2) is 26.2 Å². The molecule has 0 aromatic rings. The molecule has 0 bridgehead atoms. The van der Waals surface area contributed by atoms with Crippen LogP contribution in [0.1, 0.15) is 69.2 Å². The minimum atomic E-state index is -0.407. The summed E-state index contributed by atoms with van der Waals surface area (Å²) in [5.41, 5.74) is 0. The predicted octanol–water partition coefficient (Wildman–Crippen LogP) is 3.63. The molecular weight excluding hydrogens is 264 g/mol. The minimum Gasteiger partial charge on any atom is -0.658 e. The number of rotatable bonds is 8. The molecule has 0 heterocycles. The smallest absolute Gasteiger partial charge is 0.658 e. The van der Waals surface area contributed by atoms with Crippen molar-refractivity contribution in [1.82, 2.24) is 0 Å². The molecule has 0 saturated carbocycles. The molecular formula is C18H41AlLiN. The van der Waals surface area contributed by atoms with E-state index in [4.69, 9.17) is 0 Å². The summed E-state index contributed by atoms with van der Waals surface area (Å²) in [4.78, 5) is 0. The molecule has 0 saturated heterocycles. The van der Waals surface area contributed by atoms with Crippen molar-refractivity contribution >= 4 is 14.1 Å². The quantitative estimate of drug-likeness (QED) is 0.608. The van der Waals surface area contributed by atoms with Crippen molar-refractivity contribution in [2.75, 3.05) is 0 Å². The Hall–Kier alpha value is 1.09. The molecule has 0 spiro atoms. The van der Waals surface area contributed by atoms with Gasteiger partial charge in [-0.15, -0.1) is 12.1 Å². The third kappa shape index (κ3) is 26.3. The van der Waals surface area contributed by atoms with E-state index in [2.05, 4.69) is 74.6 Å². The van der Waals surface area contributed by atoms with E-state index in [1.165, 1.54) is 0 Å². The van der Waals surface area contributed by atoms with Gasteiger partial charge in [0, 0.05) is 0 Å². The molecule has 0 amide bonds. The molecule has 0 fully saturated rings. The van der Waals surface area contributed by atoms with Crippen molar-refractivity contribution in [2.24, 2.45) is 17.8 Å². The Labute approximate surface area is 153 Å². The van der Waals surface area contributed by atoms with E-state index in [1.54, 1.807) is 15.8 Å². The van der Waals surface area contributed by atoms with E-state index in [1.807, 2.05) is 0 Å². The molecule has 0 aliphatic carbocycles. The Morgan fingerprint density at radius 2 is 0.810 bits per heavy atom. The van der Waals surface area contributed by atoms with E-state index < -0.39 is 14.1 Å². The van der Waals surface area contributed by atoms with E-state index in [9.17, 15) is 0 Å². The van der Waals surface area contributed by atoms with Crippen molar-refractivity contribution < 1.29 is 18.9 Å². The molecule has 0 atom stereocenters. The van der Waals surface area contributed by atoms with Gasteiger partial charge >= 0.3 is 18.9 Å². The summed E-state index contributed by atoms with van der Waals surface area (Å²) in [7, 11) is 0. The first-order valence-corrected chi connectivity index (χ1v) is 11.2. The normalized spacial score (nSPS) is 11.0. The summed E-state index contributed by atoms with van der Waals surface area (Å²) >= 11 is -0.407. The number of hydrogen-bond donors (Lipinski definition) is 0. The zero-order valence-corrected chi connectivity index (χ0v) is 18.2. The third-order valence-electron chi connectivity index (χ3n) is 3.01. The first-order valence-electron chi connectivity index (χ1n) is 8.74. The summed E-state index contributed by atoms with van der Waals surface area (Å²) in [5, 5.41) is 8.93. The van der Waals surface area contributed by atoms with Crippen LogP contribution in [0.2, 0.25) is 15.8 Å². The van der Waals surface area contributed by atoms with Crippen LogP contribution >= 0.6 is 0 Å². The van der Waals surface area contributed by atoms with Gasteiger partial charge in [-0.2, -0.15) is 0 Å². The van der Waals surface area contributed by atoms with E-state index in [0.29, 0.717) is 12.1 Å². The Morgan fingerprint density at radius 1 is 0.571 bits per heavy atom. The Balaban J connectivity index is -0.000000347. The van der Waals surface area contributed by atoms with E-state index in [-0.39, 0.29) is 18.9 Å². The summed E-state index contributed by atoms with van der Waals surface area (Å²) in [6.07, 6.45) is 0. The van der Waals surface area contributed by atoms with Gasteiger partial charge < -0.3 is 5.32 Å². The SMILES string of the molecule is CC(C)[CH2][Al]([CH2]C(C)C)[CH2]C(C)C.CC(C)[N-]C(C)C.[Li+]. The zero-order chi connectivity index (χ0) is 16.3. The molecule has 0 aliphatic rings. The summed E-state index contributed by atoms with van der Waals surface area (Å²) in [5.74, 6) is 2.78. The van der Waals surface area contributed by atoms with Crippen LogP contribution in [0.25, 0.3) is 5.32 Å². The molecule has 1 nitrogen and oxygen atoms in total. The van der Waals surface area contributed by atoms with Crippen LogP contribution in [0, 0.1) is 17.8 Å². The predicted molar refractivity (Wildman–Crippen MR) is 98.3 cm³/mol. The average molecular weight is 305 g/mol. The van der Waals surface area contributed by atoms with Crippen LogP contribution in [0.5, 0.6) is 0 Å². The van der Waals surface area contributed by atoms with Gasteiger partial charge in [0.2, 0.25) is 0 Å². The Bertz CT molecular complexity index is 174. The van der Waals surface area contributed by atoms with Crippen molar-refractivity contribution in [2.45, 2.75) is 97.2 Å². The Morgan fingerprint density at radius 3 is 0.905 bits per heavy atom. The first kappa shape index (κ1) is 27.0. The van der Waals surface area contributed by atoms with Crippen LogP contribution in [0.15, 0.2) is 0 Å². The fourth-order valence-corrected chi connectivity index (χ4v) is 7.46. The van der Waals surface area contributed by atoms with E-state index >= 15 is 0 Å². The number of hydrogen-bond acceptors (Lipinski definition) is 0. The molecule has 0 aromatic carbocycles. The van der Waals surface area contributed by atoms with Crippen molar-refractivity contribution in [1.29, 1.82) is 0 Å². The van der Waals surface area contributed by atoms with Crippen LogP contribution in [0.4, 0.5) is 0 Å². The van der Waals surface area contributed by atoms with Crippen LogP contribution in [0.3, 0.4) is 0 Å². The summed E-state index contributed by atoms with van der Waals surface area (Å²) < 4.78 is 0. The third-order valence-corrected chi connectivity index (χ3v) is 7.84. The molecule has 0 aliphatic heterocycles. The second-order valence-electron chi connectivity index (χ2n) is 8.09. The van der Waals surface area contributed by atoms with Gasteiger partial charge in [0.15, 0.2) is 0 Å². The van der Waals surface area contributed by atoms with Crippen molar-refractivity contribution in [3.63, 3.8) is 0 Å². The second kappa shape index (κ2) is 16.0. The fourth-order valence-electron chi connectivity index (χ4n) is 2.88. The fraction of sp³-hybridized carbons (Fsp3) is 1.00. The molecule has 0 unspecified atom stereocenters. The van der Waals surface area contributed by atoms with Gasteiger partial charge in [0.1, 0.15) is 0 Å². The van der Waals surface area contributed by atoms with E-state index in [0.717, 1.165) is 17.8 Å². The maximum atomic E-state index is 4.28. The maximum Gasteiger partial charge on any atom is 1.00 e. The van der Waals surface area contributed by atoms with Crippen LogP contribution in [-0.2, 0) is 0 Å². The number of nitrogens with zero attached hydrogens (tertiary/aromatic N) is 1. The maximum absolute atomic E-state index is 4.28. The molecule has 21 heavy (non-hydrogen) atoms. The molecule has 0 aromatic heterocycles. The largest absolute Gasteiger partial charge is 1.00 e. The Kier molecular flexibility index (Phi) is 20.5. The molecule has 0 N–H and O–H groups in total. The average Bonchev–Trinajstić information content (AvgIpc) is 2.11. The monoisotopic (exact) mass is 305 g/mol. The molecule has 122 valence electrons. The van der Waals surface area contributed by atoms with Crippen molar-refractivity contribution in [3.05, 3.63) is 5.32 Å². The van der Waals surface area contributed by atoms with Gasteiger partial charge in [-0.25, -0.2) is 0 Å². The van der Waals surface area contributed by atoms with Gasteiger partial charge in [0.05, 0.1) is 0 Å². The van der Waals surface area contributed by atoms with Gasteiger partial charge in [-0.3, -0.25) is 0 Å². The van der Waals surface area contributed by atoms with Gasteiger partial charge in [-0.1, -0.05) is 103 Å². The van der Waals surface area contributed by atoms with Gasteiger partial charge in [-0.05, 0) is 0 Å². The van der Waals surface area contributed by atoms with Crippen molar-refractivity contribution in [3.8, 4) is 0 Å². The van der Waals surface area contributed by atoms with Crippen LogP contribution < -0.4 is 18.9 Å².